The lowest BCUT2D eigenvalue weighted by Gasteiger charge is -2.16. The molecule has 2 amide bonds. The lowest BCUT2D eigenvalue weighted by atomic mass is 10.2. The van der Waals surface area contributed by atoms with Crippen LogP contribution in [0.25, 0.3) is 0 Å². The second-order valence-electron chi connectivity index (χ2n) is 7.14. The molecule has 0 saturated heterocycles. The number of amides is 2. The number of non-ortho nitro benzene ring substituents is 1. The fraction of sp³-hybridized carbons (Fsp3) is 0.167. The number of carbonyl (C=O) groups excluding carboxylic acids is 2. The third-order valence-electron chi connectivity index (χ3n) is 4.79. The van der Waals surface area contributed by atoms with E-state index < -0.39 is 10.8 Å². The fourth-order valence-electron chi connectivity index (χ4n) is 3.04. The van der Waals surface area contributed by atoms with Gasteiger partial charge in [0.15, 0.2) is 0 Å². The molecule has 0 aromatic heterocycles. The van der Waals surface area contributed by atoms with Crippen molar-refractivity contribution < 1.29 is 19.2 Å². The molecule has 0 aliphatic rings. The highest BCUT2D eigenvalue weighted by molar-refractivity contribution is 8.00. The lowest BCUT2D eigenvalue weighted by Crippen LogP contribution is -2.24. The van der Waals surface area contributed by atoms with E-state index in [0.717, 1.165) is 4.90 Å². The summed E-state index contributed by atoms with van der Waals surface area (Å²) < 4.78 is 5.13. The van der Waals surface area contributed by atoms with Crippen LogP contribution in [0.1, 0.15) is 23.7 Å². The number of nitro benzene ring substituents is 1. The number of ether oxygens (including phenoxy) is 1. The number of halogens is 1. The van der Waals surface area contributed by atoms with Gasteiger partial charge in [-0.05, 0) is 55.0 Å². The summed E-state index contributed by atoms with van der Waals surface area (Å²) >= 11 is 7.51. The molecule has 176 valence electrons. The summed E-state index contributed by atoms with van der Waals surface area (Å²) in [6.07, 6.45) is 0.583. The predicted octanol–water partition coefficient (Wildman–Crippen LogP) is 6.02. The van der Waals surface area contributed by atoms with Crippen molar-refractivity contribution in [3.63, 3.8) is 0 Å². The zero-order chi connectivity index (χ0) is 24.7. The van der Waals surface area contributed by atoms with Crippen LogP contribution >= 0.6 is 23.4 Å². The first kappa shape index (κ1) is 25.1. The van der Waals surface area contributed by atoms with E-state index in [2.05, 4.69) is 10.6 Å². The molecule has 1 atom stereocenters. The number of methoxy groups -OCH3 is 1. The monoisotopic (exact) mass is 499 g/mol. The third kappa shape index (κ3) is 6.49. The smallest absolute Gasteiger partial charge is 0.269 e. The Kier molecular flexibility index (Phi) is 8.50. The topological polar surface area (TPSA) is 111 Å². The number of benzene rings is 3. The van der Waals surface area contributed by atoms with Crippen molar-refractivity contribution in [1.82, 2.24) is 0 Å². The molecule has 0 fully saturated rings. The van der Waals surface area contributed by atoms with Crippen LogP contribution < -0.4 is 15.4 Å². The maximum Gasteiger partial charge on any atom is 0.269 e. The average molecular weight is 500 g/mol. The first-order valence-corrected chi connectivity index (χ1v) is 11.5. The Labute approximate surface area is 205 Å². The molecule has 0 aliphatic heterocycles. The lowest BCUT2D eigenvalue weighted by molar-refractivity contribution is -0.384. The molecule has 1 unspecified atom stereocenters. The molecule has 0 heterocycles. The van der Waals surface area contributed by atoms with Gasteiger partial charge in [0, 0.05) is 34.0 Å². The summed E-state index contributed by atoms with van der Waals surface area (Å²) in [6.45, 7) is 1.92. The molecule has 0 aliphatic carbocycles. The second kappa shape index (κ2) is 11.5. The molecule has 8 nitrogen and oxygen atoms in total. The van der Waals surface area contributed by atoms with Gasteiger partial charge in [0.1, 0.15) is 5.75 Å². The van der Waals surface area contributed by atoms with Gasteiger partial charge in [-0.3, -0.25) is 19.7 Å². The molecule has 3 aromatic carbocycles. The highest BCUT2D eigenvalue weighted by Gasteiger charge is 2.19. The highest BCUT2D eigenvalue weighted by Crippen LogP contribution is 2.30. The van der Waals surface area contributed by atoms with Crippen LogP contribution in [0.3, 0.4) is 0 Å². The molecule has 0 spiro atoms. The Morgan fingerprint density at radius 1 is 1.06 bits per heavy atom. The number of nitrogens with one attached hydrogen (secondary N) is 2. The highest BCUT2D eigenvalue weighted by atomic mass is 35.5. The molecule has 2 N–H and O–H groups in total. The van der Waals surface area contributed by atoms with Gasteiger partial charge in [-0.2, -0.15) is 0 Å². The summed E-state index contributed by atoms with van der Waals surface area (Å²) in [5.74, 6) is -0.0408. The number of hydrogen-bond donors (Lipinski definition) is 2. The summed E-state index contributed by atoms with van der Waals surface area (Å²) in [7, 11) is 1.52. The number of thioether (sulfide) groups is 1. The number of anilines is 2. The molecule has 3 aromatic rings. The van der Waals surface area contributed by atoms with Gasteiger partial charge < -0.3 is 15.4 Å². The van der Waals surface area contributed by atoms with Crippen molar-refractivity contribution in [1.29, 1.82) is 0 Å². The third-order valence-corrected chi connectivity index (χ3v) is 6.45. The number of nitro groups is 1. The molecule has 0 saturated carbocycles. The van der Waals surface area contributed by atoms with Crippen LogP contribution in [0.5, 0.6) is 5.75 Å². The standard InChI is InChI=1S/C24H22ClN3O5S/c1-3-22(24(30)27-17-9-12-21(33-2)20(25)14-17)34-19-6-4-5-16(13-19)26-23(29)15-7-10-18(11-8-15)28(31)32/h4-14,22H,3H2,1-2H3,(H,26,29)(H,27,30). The fourth-order valence-corrected chi connectivity index (χ4v) is 4.31. The minimum atomic E-state index is -0.522. The van der Waals surface area contributed by atoms with Crippen molar-refractivity contribution in [3.05, 3.63) is 87.4 Å². The zero-order valence-corrected chi connectivity index (χ0v) is 20.0. The average Bonchev–Trinajstić information content (AvgIpc) is 2.83. The Balaban J connectivity index is 1.65. The van der Waals surface area contributed by atoms with E-state index in [4.69, 9.17) is 16.3 Å². The molecule has 10 heteroatoms. The van der Waals surface area contributed by atoms with Gasteiger partial charge in [-0.25, -0.2) is 0 Å². The van der Waals surface area contributed by atoms with E-state index >= 15 is 0 Å². The van der Waals surface area contributed by atoms with Crippen LogP contribution in [0.4, 0.5) is 17.1 Å². The van der Waals surface area contributed by atoms with Crippen molar-refractivity contribution in [2.24, 2.45) is 0 Å². The Hall–Kier alpha value is -3.56. The van der Waals surface area contributed by atoms with Gasteiger partial charge in [-0.15, -0.1) is 11.8 Å². The summed E-state index contributed by atoms with van der Waals surface area (Å²) in [5.41, 5.74) is 1.33. The minimum Gasteiger partial charge on any atom is -0.495 e. The van der Waals surface area contributed by atoms with Crippen LogP contribution in [0.15, 0.2) is 71.6 Å². The van der Waals surface area contributed by atoms with E-state index in [1.54, 1.807) is 36.4 Å². The molecular weight excluding hydrogens is 478 g/mol. The SMILES string of the molecule is CCC(Sc1cccc(NC(=O)c2ccc([N+](=O)[O-])cc2)c1)C(=O)Nc1ccc(OC)c(Cl)c1. The van der Waals surface area contributed by atoms with Crippen LogP contribution in [0, 0.1) is 10.1 Å². The van der Waals surface area contributed by atoms with Crippen molar-refractivity contribution in [2.75, 3.05) is 17.7 Å². The minimum absolute atomic E-state index is 0.0873. The van der Waals surface area contributed by atoms with Gasteiger partial charge in [0.25, 0.3) is 11.6 Å². The van der Waals surface area contributed by atoms with Gasteiger partial charge >= 0.3 is 0 Å². The normalized spacial score (nSPS) is 11.4. The van der Waals surface area contributed by atoms with Gasteiger partial charge in [0.05, 0.1) is 22.3 Å². The number of rotatable bonds is 9. The van der Waals surface area contributed by atoms with Crippen LogP contribution in [-0.2, 0) is 4.79 Å². The van der Waals surface area contributed by atoms with Crippen molar-refractivity contribution >= 4 is 52.2 Å². The van der Waals surface area contributed by atoms with Gasteiger partial charge in [-0.1, -0.05) is 24.6 Å². The van der Waals surface area contributed by atoms with E-state index in [1.807, 2.05) is 13.0 Å². The number of carbonyl (C=O) groups is 2. The quantitative estimate of drug-likeness (QED) is 0.211. The van der Waals surface area contributed by atoms with E-state index in [9.17, 15) is 19.7 Å². The molecular formula is C24H22ClN3O5S. The summed E-state index contributed by atoms with van der Waals surface area (Å²) in [6, 6.07) is 17.5. The summed E-state index contributed by atoms with van der Waals surface area (Å²) in [4.78, 5) is 36.4. The van der Waals surface area contributed by atoms with E-state index in [1.165, 1.54) is 43.1 Å². The molecule has 0 bridgehead atoms. The zero-order valence-electron chi connectivity index (χ0n) is 18.4. The predicted molar refractivity (Wildman–Crippen MR) is 134 cm³/mol. The van der Waals surface area contributed by atoms with Crippen molar-refractivity contribution in [3.8, 4) is 5.75 Å². The molecule has 0 radical (unpaired) electrons. The molecule has 34 heavy (non-hydrogen) atoms. The first-order chi connectivity index (χ1) is 16.3. The maximum atomic E-state index is 12.8. The van der Waals surface area contributed by atoms with Crippen LogP contribution in [-0.4, -0.2) is 29.1 Å². The molecule has 3 rings (SSSR count). The Morgan fingerprint density at radius 2 is 1.76 bits per heavy atom. The van der Waals surface area contributed by atoms with E-state index in [-0.39, 0.29) is 16.8 Å². The Bertz CT molecular complexity index is 1200. The number of nitrogens with zero attached hydrogens (tertiary/aromatic N) is 1. The second-order valence-corrected chi connectivity index (χ2v) is 8.82. The van der Waals surface area contributed by atoms with Crippen LogP contribution in [0.2, 0.25) is 5.02 Å². The van der Waals surface area contributed by atoms with Crippen molar-refractivity contribution in [2.45, 2.75) is 23.5 Å². The largest absolute Gasteiger partial charge is 0.495 e. The number of hydrogen-bond acceptors (Lipinski definition) is 6. The van der Waals surface area contributed by atoms with Gasteiger partial charge in [0.2, 0.25) is 5.91 Å². The first-order valence-electron chi connectivity index (χ1n) is 10.3. The Morgan fingerprint density at radius 3 is 2.38 bits per heavy atom. The van der Waals surface area contributed by atoms with E-state index in [0.29, 0.717) is 34.1 Å². The maximum absolute atomic E-state index is 12.8. The summed E-state index contributed by atoms with van der Waals surface area (Å²) in [5, 5.41) is 16.4.